The highest BCUT2D eigenvalue weighted by atomic mass is 79.9. The smallest absolute Gasteiger partial charge is 0.167 e. The third kappa shape index (κ3) is 2.81. The standard InChI is InChI=1S/C14H15BrO4/c1-18-12-6-10(11(15)7-13(12)19-2)14(17)8-3-4-9(16)5-8/h6-8H,3-5H2,1-2H3. The van der Waals surface area contributed by atoms with E-state index in [1.54, 1.807) is 19.2 Å². The van der Waals surface area contributed by atoms with Crippen LogP contribution in [0.4, 0.5) is 0 Å². The van der Waals surface area contributed by atoms with Gasteiger partial charge in [0.1, 0.15) is 5.78 Å². The van der Waals surface area contributed by atoms with Crippen LogP contribution in [0.5, 0.6) is 11.5 Å². The SMILES string of the molecule is COc1cc(Br)c(C(=O)C2CCC(=O)C2)cc1OC. The van der Waals surface area contributed by atoms with Gasteiger partial charge in [-0.25, -0.2) is 0 Å². The minimum atomic E-state index is -0.207. The normalized spacial score (nSPS) is 18.5. The van der Waals surface area contributed by atoms with Gasteiger partial charge in [-0.1, -0.05) is 0 Å². The molecule has 0 aromatic heterocycles. The topological polar surface area (TPSA) is 52.6 Å². The van der Waals surface area contributed by atoms with Crippen LogP contribution in [0.15, 0.2) is 16.6 Å². The van der Waals surface area contributed by atoms with Gasteiger partial charge in [-0.3, -0.25) is 9.59 Å². The van der Waals surface area contributed by atoms with Crippen molar-refractivity contribution < 1.29 is 19.1 Å². The Morgan fingerprint density at radius 1 is 1.26 bits per heavy atom. The molecule has 0 aliphatic heterocycles. The van der Waals surface area contributed by atoms with Crippen molar-refractivity contribution in [3.8, 4) is 11.5 Å². The van der Waals surface area contributed by atoms with Gasteiger partial charge in [-0.2, -0.15) is 0 Å². The number of carbonyl (C=O) groups is 2. The lowest BCUT2D eigenvalue weighted by atomic mass is 9.96. The number of hydrogen-bond donors (Lipinski definition) is 0. The van der Waals surface area contributed by atoms with Crippen LogP contribution in [0.25, 0.3) is 0 Å². The van der Waals surface area contributed by atoms with E-state index in [4.69, 9.17) is 9.47 Å². The summed E-state index contributed by atoms with van der Waals surface area (Å²) in [5.74, 6) is 1.02. The zero-order valence-corrected chi connectivity index (χ0v) is 12.5. The van der Waals surface area contributed by atoms with Crippen LogP contribution in [0.1, 0.15) is 29.6 Å². The molecule has 1 atom stereocenters. The highest BCUT2D eigenvalue weighted by molar-refractivity contribution is 9.10. The Balaban J connectivity index is 2.34. The average Bonchev–Trinajstić information content (AvgIpc) is 2.84. The average molecular weight is 327 g/mol. The summed E-state index contributed by atoms with van der Waals surface area (Å²) in [7, 11) is 3.07. The number of hydrogen-bond acceptors (Lipinski definition) is 4. The molecule has 0 saturated heterocycles. The Hall–Kier alpha value is -1.36. The number of methoxy groups -OCH3 is 2. The second-order valence-electron chi connectivity index (χ2n) is 4.53. The first-order valence-corrected chi connectivity index (χ1v) is 6.83. The summed E-state index contributed by atoms with van der Waals surface area (Å²) in [6.45, 7) is 0. The molecule has 2 rings (SSSR count). The summed E-state index contributed by atoms with van der Waals surface area (Å²) in [6, 6.07) is 3.37. The molecule has 4 nitrogen and oxygen atoms in total. The number of halogens is 1. The van der Waals surface area contributed by atoms with Crippen LogP contribution < -0.4 is 9.47 Å². The molecule has 1 aromatic carbocycles. The third-order valence-electron chi connectivity index (χ3n) is 3.36. The Morgan fingerprint density at radius 2 is 1.89 bits per heavy atom. The molecular formula is C14H15BrO4. The molecule has 5 heteroatoms. The lowest BCUT2D eigenvalue weighted by Crippen LogP contribution is -2.13. The van der Waals surface area contributed by atoms with E-state index in [0.717, 1.165) is 0 Å². The second kappa shape index (κ2) is 5.74. The van der Waals surface area contributed by atoms with Gasteiger partial charge in [0.15, 0.2) is 17.3 Å². The number of rotatable bonds is 4. The fourth-order valence-corrected chi connectivity index (χ4v) is 2.82. The maximum atomic E-state index is 12.4. The van der Waals surface area contributed by atoms with Crippen LogP contribution >= 0.6 is 15.9 Å². The van der Waals surface area contributed by atoms with Crippen LogP contribution in [0, 0.1) is 5.92 Å². The Morgan fingerprint density at radius 3 is 2.42 bits per heavy atom. The number of benzene rings is 1. The largest absolute Gasteiger partial charge is 0.493 e. The molecule has 1 aliphatic rings. The van der Waals surface area contributed by atoms with Crippen LogP contribution in [-0.2, 0) is 4.79 Å². The van der Waals surface area contributed by atoms with Gasteiger partial charge in [0, 0.05) is 28.8 Å². The lowest BCUT2D eigenvalue weighted by molar-refractivity contribution is -0.117. The van der Waals surface area contributed by atoms with Crippen molar-refractivity contribution in [1.82, 2.24) is 0 Å². The molecular weight excluding hydrogens is 312 g/mol. The van der Waals surface area contributed by atoms with Gasteiger partial charge < -0.3 is 9.47 Å². The lowest BCUT2D eigenvalue weighted by Gasteiger charge is -2.13. The monoisotopic (exact) mass is 326 g/mol. The van der Waals surface area contributed by atoms with Crippen molar-refractivity contribution in [1.29, 1.82) is 0 Å². The van der Waals surface area contributed by atoms with Crippen LogP contribution in [0.3, 0.4) is 0 Å². The van der Waals surface area contributed by atoms with E-state index in [2.05, 4.69) is 15.9 Å². The fraction of sp³-hybridized carbons (Fsp3) is 0.429. The molecule has 1 saturated carbocycles. The molecule has 0 radical (unpaired) electrons. The molecule has 1 unspecified atom stereocenters. The van der Waals surface area contributed by atoms with Crippen molar-refractivity contribution in [2.75, 3.05) is 14.2 Å². The number of ketones is 2. The third-order valence-corrected chi connectivity index (χ3v) is 4.01. The summed E-state index contributed by atoms with van der Waals surface area (Å²) in [6.07, 6.45) is 1.49. The zero-order chi connectivity index (χ0) is 14.0. The molecule has 0 spiro atoms. The summed E-state index contributed by atoms with van der Waals surface area (Å²) >= 11 is 3.37. The van der Waals surface area contributed by atoms with E-state index in [-0.39, 0.29) is 17.5 Å². The molecule has 0 heterocycles. The van der Waals surface area contributed by atoms with Crippen LogP contribution in [0.2, 0.25) is 0 Å². The molecule has 1 aromatic rings. The van der Waals surface area contributed by atoms with E-state index >= 15 is 0 Å². The molecule has 0 amide bonds. The maximum Gasteiger partial charge on any atom is 0.167 e. The Labute approximate surface area is 120 Å². The van der Waals surface area contributed by atoms with Crippen molar-refractivity contribution in [3.63, 3.8) is 0 Å². The van der Waals surface area contributed by atoms with E-state index in [1.807, 2.05) is 0 Å². The van der Waals surface area contributed by atoms with E-state index in [0.29, 0.717) is 40.8 Å². The van der Waals surface area contributed by atoms with Gasteiger partial charge in [-0.05, 0) is 34.5 Å². The molecule has 0 N–H and O–H groups in total. The molecule has 1 fully saturated rings. The zero-order valence-electron chi connectivity index (χ0n) is 10.9. The van der Waals surface area contributed by atoms with Crippen LogP contribution in [-0.4, -0.2) is 25.8 Å². The van der Waals surface area contributed by atoms with Crippen molar-refractivity contribution in [2.45, 2.75) is 19.3 Å². The summed E-state index contributed by atoms with van der Waals surface area (Å²) in [4.78, 5) is 23.7. The van der Waals surface area contributed by atoms with Gasteiger partial charge >= 0.3 is 0 Å². The second-order valence-corrected chi connectivity index (χ2v) is 5.38. The predicted molar refractivity (Wildman–Crippen MR) is 73.9 cm³/mol. The molecule has 19 heavy (non-hydrogen) atoms. The van der Waals surface area contributed by atoms with Gasteiger partial charge in [-0.15, -0.1) is 0 Å². The van der Waals surface area contributed by atoms with Crippen molar-refractivity contribution >= 4 is 27.5 Å². The first-order valence-electron chi connectivity index (χ1n) is 6.04. The van der Waals surface area contributed by atoms with Gasteiger partial charge in [0.25, 0.3) is 0 Å². The maximum absolute atomic E-state index is 12.4. The fourth-order valence-electron chi connectivity index (χ4n) is 2.30. The van der Waals surface area contributed by atoms with Gasteiger partial charge in [0.05, 0.1) is 14.2 Å². The Kier molecular flexibility index (Phi) is 4.24. The minimum Gasteiger partial charge on any atom is -0.493 e. The number of Topliss-reactive ketones (excluding diaryl/α,β-unsaturated/α-hetero) is 2. The van der Waals surface area contributed by atoms with E-state index < -0.39 is 0 Å². The number of carbonyl (C=O) groups excluding carboxylic acids is 2. The highest BCUT2D eigenvalue weighted by Crippen LogP contribution is 2.36. The minimum absolute atomic E-state index is 0.0151. The molecule has 102 valence electrons. The summed E-state index contributed by atoms with van der Waals surface area (Å²) in [5, 5.41) is 0. The van der Waals surface area contributed by atoms with Gasteiger partial charge in [0.2, 0.25) is 0 Å². The summed E-state index contributed by atoms with van der Waals surface area (Å²) in [5.41, 5.74) is 0.539. The van der Waals surface area contributed by atoms with Crippen molar-refractivity contribution in [3.05, 3.63) is 22.2 Å². The molecule has 1 aliphatic carbocycles. The van der Waals surface area contributed by atoms with E-state index in [1.165, 1.54) is 7.11 Å². The summed E-state index contributed by atoms with van der Waals surface area (Å²) < 4.78 is 11.0. The quantitative estimate of drug-likeness (QED) is 0.798. The van der Waals surface area contributed by atoms with E-state index in [9.17, 15) is 9.59 Å². The first kappa shape index (κ1) is 14.1. The Bertz CT molecular complexity index is 524. The first-order chi connectivity index (χ1) is 9.06. The highest BCUT2D eigenvalue weighted by Gasteiger charge is 2.30. The van der Waals surface area contributed by atoms with Crippen molar-refractivity contribution in [2.24, 2.45) is 5.92 Å². The number of ether oxygens (including phenoxy) is 2. The predicted octanol–water partition coefficient (Wildman–Crippen LogP) is 3.02. The molecule has 0 bridgehead atoms.